The SMILES string of the molecule is CC1(C)C(=O)N(c2ccc(C#N)c(C(F)(F)F)c2)C(=S)N1c1ccccc1. The number of benzene rings is 2. The second kappa shape index (κ2) is 6.35. The largest absolute Gasteiger partial charge is 0.417 e. The fraction of sp³-hybridized carbons (Fsp3) is 0.211. The van der Waals surface area contributed by atoms with E-state index in [0.29, 0.717) is 5.69 Å². The van der Waals surface area contributed by atoms with Gasteiger partial charge in [0, 0.05) is 5.69 Å². The van der Waals surface area contributed by atoms with Gasteiger partial charge < -0.3 is 4.90 Å². The van der Waals surface area contributed by atoms with Gasteiger partial charge in [-0.25, -0.2) is 0 Å². The van der Waals surface area contributed by atoms with Crippen molar-refractivity contribution < 1.29 is 18.0 Å². The quantitative estimate of drug-likeness (QED) is 0.710. The molecule has 1 aliphatic rings. The van der Waals surface area contributed by atoms with Crippen molar-refractivity contribution in [2.45, 2.75) is 25.6 Å². The molecule has 0 N–H and O–H groups in total. The molecule has 4 nitrogen and oxygen atoms in total. The van der Waals surface area contributed by atoms with Crippen molar-refractivity contribution in [1.82, 2.24) is 0 Å². The highest BCUT2D eigenvalue weighted by molar-refractivity contribution is 7.81. The Bertz CT molecular complexity index is 964. The minimum Gasteiger partial charge on any atom is -0.304 e. The summed E-state index contributed by atoms with van der Waals surface area (Å²) in [6.07, 6.45) is -4.72. The first-order chi connectivity index (χ1) is 12.6. The molecular formula is C19H14F3N3OS. The number of nitriles is 1. The van der Waals surface area contributed by atoms with Crippen molar-refractivity contribution in [1.29, 1.82) is 5.26 Å². The first-order valence-electron chi connectivity index (χ1n) is 7.94. The van der Waals surface area contributed by atoms with Crippen molar-refractivity contribution in [2.24, 2.45) is 0 Å². The maximum atomic E-state index is 13.3. The molecule has 1 saturated heterocycles. The molecule has 0 unspecified atom stereocenters. The lowest BCUT2D eigenvalue weighted by molar-refractivity contribution is -0.137. The third kappa shape index (κ3) is 3.04. The predicted molar refractivity (Wildman–Crippen MR) is 99.2 cm³/mol. The number of halogens is 3. The Kier molecular flexibility index (Phi) is 4.44. The van der Waals surface area contributed by atoms with Gasteiger partial charge in [-0.05, 0) is 56.4 Å². The predicted octanol–water partition coefficient (Wildman–Crippen LogP) is 4.49. The number of nitrogens with zero attached hydrogens (tertiary/aromatic N) is 3. The first kappa shape index (κ1) is 18.9. The Hall–Kier alpha value is -2.92. The molecule has 1 amide bonds. The number of thiocarbonyl (C=S) groups is 1. The van der Waals surface area contributed by atoms with Crippen LogP contribution in [0.15, 0.2) is 48.5 Å². The molecular weight excluding hydrogens is 375 g/mol. The molecule has 8 heteroatoms. The summed E-state index contributed by atoms with van der Waals surface area (Å²) in [5, 5.41) is 9.03. The number of hydrogen-bond donors (Lipinski definition) is 0. The van der Waals surface area contributed by atoms with Crippen LogP contribution in [-0.2, 0) is 11.0 Å². The van der Waals surface area contributed by atoms with Crippen LogP contribution in [0.3, 0.4) is 0 Å². The third-order valence-electron chi connectivity index (χ3n) is 4.37. The summed E-state index contributed by atoms with van der Waals surface area (Å²) in [6.45, 7) is 3.31. The van der Waals surface area contributed by atoms with E-state index in [1.165, 1.54) is 12.1 Å². The van der Waals surface area contributed by atoms with Crippen molar-refractivity contribution >= 4 is 34.6 Å². The molecule has 0 aliphatic carbocycles. The van der Waals surface area contributed by atoms with Crippen LogP contribution in [0.5, 0.6) is 0 Å². The molecule has 1 aliphatic heterocycles. The standard InChI is InChI=1S/C19H14F3N3OS/c1-18(2)16(26)24(17(27)25(18)13-6-4-3-5-7-13)14-9-8-12(11-23)15(10-14)19(20,21)22/h3-10H,1-2H3. The highest BCUT2D eigenvalue weighted by atomic mass is 32.1. The van der Waals surface area contributed by atoms with Crippen LogP contribution in [0.1, 0.15) is 25.0 Å². The first-order valence-corrected chi connectivity index (χ1v) is 8.35. The highest BCUT2D eigenvalue weighted by Crippen LogP contribution is 2.39. The van der Waals surface area contributed by atoms with E-state index >= 15 is 0 Å². The van der Waals surface area contributed by atoms with Gasteiger partial charge in [-0.15, -0.1) is 0 Å². The van der Waals surface area contributed by atoms with E-state index in [9.17, 15) is 18.0 Å². The lowest BCUT2D eigenvalue weighted by Crippen LogP contribution is -2.44. The Labute approximate surface area is 159 Å². The van der Waals surface area contributed by atoms with Gasteiger partial charge in [-0.3, -0.25) is 9.69 Å². The summed E-state index contributed by atoms with van der Waals surface area (Å²) in [4.78, 5) is 15.7. The van der Waals surface area contributed by atoms with Crippen LogP contribution in [0, 0.1) is 11.3 Å². The van der Waals surface area contributed by atoms with E-state index in [1.54, 1.807) is 43.0 Å². The Balaban J connectivity index is 2.12. The van der Waals surface area contributed by atoms with E-state index in [0.717, 1.165) is 17.0 Å². The van der Waals surface area contributed by atoms with Crippen LogP contribution in [0.4, 0.5) is 24.5 Å². The Morgan fingerprint density at radius 1 is 1.07 bits per heavy atom. The maximum absolute atomic E-state index is 13.3. The van der Waals surface area contributed by atoms with Gasteiger partial charge >= 0.3 is 6.18 Å². The average Bonchev–Trinajstić information content (AvgIpc) is 2.79. The van der Waals surface area contributed by atoms with Crippen LogP contribution in [0.25, 0.3) is 0 Å². The molecule has 0 bridgehead atoms. The number of amides is 1. The molecule has 2 aromatic carbocycles. The molecule has 1 fully saturated rings. The number of carbonyl (C=O) groups excluding carboxylic acids is 1. The molecule has 27 heavy (non-hydrogen) atoms. The van der Waals surface area contributed by atoms with Crippen LogP contribution < -0.4 is 9.80 Å². The van der Waals surface area contributed by atoms with E-state index in [1.807, 2.05) is 6.07 Å². The third-order valence-corrected chi connectivity index (χ3v) is 4.73. The number of rotatable bonds is 2. The van der Waals surface area contributed by atoms with Crippen LogP contribution in [0.2, 0.25) is 0 Å². The summed E-state index contributed by atoms with van der Waals surface area (Å²) < 4.78 is 39.9. The lowest BCUT2D eigenvalue weighted by atomic mass is 10.0. The van der Waals surface area contributed by atoms with Crippen molar-refractivity contribution in [3.63, 3.8) is 0 Å². The molecule has 3 rings (SSSR count). The summed E-state index contributed by atoms with van der Waals surface area (Å²) >= 11 is 5.43. The van der Waals surface area contributed by atoms with Gasteiger partial charge in [0.1, 0.15) is 5.54 Å². The highest BCUT2D eigenvalue weighted by Gasteiger charge is 2.50. The van der Waals surface area contributed by atoms with Gasteiger partial charge in [0.15, 0.2) is 5.11 Å². The van der Waals surface area contributed by atoms with Crippen LogP contribution >= 0.6 is 12.2 Å². The molecule has 0 radical (unpaired) electrons. The van der Waals surface area contributed by atoms with Crippen molar-refractivity contribution in [3.8, 4) is 6.07 Å². The smallest absolute Gasteiger partial charge is 0.304 e. The summed E-state index contributed by atoms with van der Waals surface area (Å²) in [5.74, 6) is -0.450. The topological polar surface area (TPSA) is 47.3 Å². The van der Waals surface area contributed by atoms with E-state index in [2.05, 4.69) is 0 Å². The maximum Gasteiger partial charge on any atom is 0.417 e. The fourth-order valence-corrected chi connectivity index (χ4v) is 3.56. The summed E-state index contributed by atoms with van der Waals surface area (Å²) in [6, 6.07) is 13.6. The van der Waals surface area contributed by atoms with Gasteiger partial charge in [-0.2, -0.15) is 18.4 Å². The molecule has 2 aromatic rings. The lowest BCUT2D eigenvalue weighted by Gasteiger charge is -2.29. The second-order valence-corrected chi connectivity index (χ2v) is 6.86. The van der Waals surface area contributed by atoms with Gasteiger partial charge in [0.2, 0.25) is 0 Å². The van der Waals surface area contributed by atoms with Gasteiger partial charge in [-0.1, -0.05) is 18.2 Å². The summed E-state index contributed by atoms with van der Waals surface area (Å²) in [7, 11) is 0. The van der Waals surface area contributed by atoms with Gasteiger partial charge in [0.05, 0.1) is 22.9 Å². The second-order valence-electron chi connectivity index (χ2n) is 6.49. The monoisotopic (exact) mass is 389 g/mol. The number of carbonyl (C=O) groups is 1. The number of hydrogen-bond acceptors (Lipinski definition) is 3. The van der Waals surface area contributed by atoms with Gasteiger partial charge in [0.25, 0.3) is 5.91 Å². The molecule has 0 atom stereocenters. The van der Waals surface area contributed by atoms with E-state index < -0.39 is 28.7 Å². The average molecular weight is 389 g/mol. The zero-order valence-corrected chi connectivity index (χ0v) is 15.2. The summed E-state index contributed by atoms with van der Waals surface area (Å²) in [5.41, 5.74) is -2.06. The van der Waals surface area contributed by atoms with Crippen molar-refractivity contribution in [2.75, 3.05) is 9.80 Å². The van der Waals surface area contributed by atoms with Crippen LogP contribution in [-0.4, -0.2) is 16.6 Å². The van der Waals surface area contributed by atoms with Crippen molar-refractivity contribution in [3.05, 3.63) is 59.7 Å². The number of para-hydroxylation sites is 1. The zero-order chi connectivity index (χ0) is 20.0. The molecule has 138 valence electrons. The number of alkyl halides is 3. The fourth-order valence-electron chi connectivity index (χ4n) is 3.04. The minimum absolute atomic E-state index is 0.0252. The normalized spacial score (nSPS) is 16.6. The van der Waals surface area contributed by atoms with E-state index in [4.69, 9.17) is 17.5 Å². The van der Waals surface area contributed by atoms with E-state index in [-0.39, 0.29) is 10.8 Å². The molecule has 1 heterocycles. The number of anilines is 2. The zero-order valence-electron chi connectivity index (χ0n) is 14.4. The molecule has 0 aromatic heterocycles. The minimum atomic E-state index is -4.72. The Morgan fingerprint density at radius 3 is 2.26 bits per heavy atom. The molecule has 0 spiro atoms. The Morgan fingerprint density at radius 2 is 1.70 bits per heavy atom. The molecule has 0 saturated carbocycles.